The Morgan fingerprint density at radius 1 is 1.63 bits per heavy atom. The minimum Gasteiger partial charge on any atom is -0.481 e. The number of hydrogen-bond donors (Lipinski definition) is 2. The molecule has 2 rings (SSSR count). The molecule has 1 aromatic rings. The van der Waals surface area contributed by atoms with Crippen LogP contribution in [-0.4, -0.2) is 56.1 Å². The number of hydrogen-bond acceptors (Lipinski definition) is 5. The molecule has 2 atom stereocenters. The number of thioether (sulfide) groups is 1. The van der Waals surface area contributed by atoms with Crippen molar-refractivity contribution in [3.63, 3.8) is 0 Å². The Bertz CT molecular complexity index is 512. The van der Waals surface area contributed by atoms with Crippen LogP contribution in [0.5, 0.6) is 0 Å². The maximum atomic E-state index is 11.8. The Morgan fingerprint density at radius 3 is 3.00 bits per heavy atom. The molecule has 19 heavy (non-hydrogen) atoms. The van der Waals surface area contributed by atoms with Crippen molar-refractivity contribution >= 4 is 17.7 Å². The van der Waals surface area contributed by atoms with E-state index in [2.05, 4.69) is 29.1 Å². The van der Waals surface area contributed by atoms with Crippen LogP contribution in [0.1, 0.15) is 25.8 Å². The van der Waals surface area contributed by atoms with E-state index < -0.39 is 5.97 Å². The summed E-state index contributed by atoms with van der Waals surface area (Å²) in [6, 6.07) is 0.492. The summed E-state index contributed by atoms with van der Waals surface area (Å²) in [5.41, 5.74) is -0.255. The van der Waals surface area contributed by atoms with Crippen LogP contribution < -0.4 is 5.69 Å². The average molecular weight is 286 g/mol. The fourth-order valence-corrected chi connectivity index (χ4v) is 3.07. The van der Waals surface area contributed by atoms with Crippen molar-refractivity contribution in [3.05, 3.63) is 10.5 Å². The van der Waals surface area contributed by atoms with Gasteiger partial charge in [0.05, 0.1) is 5.75 Å². The van der Waals surface area contributed by atoms with Crippen molar-refractivity contribution in [3.8, 4) is 0 Å². The molecule has 2 unspecified atom stereocenters. The van der Waals surface area contributed by atoms with Crippen LogP contribution >= 0.6 is 11.8 Å². The Labute approximate surface area is 115 Å². The first kappa shape index (κ1) is 14.1. The number of likely N-dealkylation sites (tertiary alicyclic amines) is 1. The molecular formula is C11H18N4O3S. The Kier molecular flexibility index (Phi) is 4.31. The normalized spacial score (nSPS) is 24.5. The van der Waals surface area contributed by atoms with Crippen LogP contribution in [0.15, 0.2) is 9.95 Å². The maximum absolute atomic E-state index is 11.8. The van der Waals surface area contributed by atoms with Gasteiger partial charge in [0, 0.05) is 18.6 Å². The molecule has 2 heterocycles. The second-order valence-corrected chi connectivity index (χ2v) is 5.81. The topological polar surface area (TPSA) is 91.2 Å². The van der Waals surface area contributed by atoms with Gasteiger partial charge in [0.25, 0.3) is 0 Å². The monoisotopic (exact) mass is 286 g/mol. The minimum atomic E-state index is -0.913. The van der Waals surface area contributed by atoms with Crippen molar-refractivity contribution in [2.75, 3.05) is 19.3 Å². The number of piperidine rings is 1. The number of aromatic nitrogens is 3. The smallest absolute Gasteiger partial charge is 0.344 e. The van der Waals surface area contributed by atoms with Gasteiger partial charge < -0.3 is 10.0 Å². The average Bonchev–Trinajstić information content (AvgIpc) is 2.71. The van der Waals surface area contributed by atoms with E-state index in [-0.39, 0.29) is 17.5 Å². The lowest BCUT2D eigenvalue weighted by molar-refractivity contribution is -0.133. The van der Waals surface area contributed by atoms with E-state index in [0.29, 0.717) is 11.2 Å². The number of aromatic amines is 1. The summed E-state index contributed by atoms with van der Waals surface area (Å²) in [6.45, 7) is 3.05. The van der Waals surface area contributed by atoms with Crippen molar-refractivity contribution in [1.82, 2.24) is 19.7 Å². The van der Waals surface area contributed by atoms with E-state index in [9.17, 15) is 9.59 Å². The molecule has 0 aliphatic carbocycles. The molecule has 1 saturated heterocycles. The van der Waals surface area contributed by atoms with Gasteiger partial charge in [-0.1, -0.05) is 11.8 Å². The Morgan fingerprint density at radius 2 is 2.37 bits per heavy atom. The zero-order valence-electron chi connectivity index (χ0n) is 11.0. The molecule has 0 amide bonds. The quantitative estimate of drug-likeness (QED) is 0.779. The van der Waals surface area contributed by atoms with E-state index in [1.807, 2.05) is 0 Å². The number of aliphatic carboxylic acids is 1. The molecule has 7 nitrogen and oxygen atoms in total. The molecule has 2 N–H and O–H groups in total. The van der Waals surface area contributed by atoms with Crippen LogP contribution in [0.25, 0.3) is 0 Å². The van der Waals surface area contributed by atoms with Gasteiger partial charge in [-0.2, -0.15) is 0 Å². The number of carboxylic acid groups (broad SMARTS) is 1. The first-order valence-corrected chi connectivity index (χ1v) is 7.19. The molecule has 1 aliphatic rings. The van der Waals surface area contributed by atoms with Gasteiger partial charge >= 0.3 is 11.7 Å². The highest BCUT2D eigenvalue weighted by atomic mass is 32.2. The number of carbonyl (C=O) groups is 1. The van der Waals surface area contributed by atoms with Crippen molar-refractivity contribution in [1.29, 1.82) is 0 Å². The van der Waals surface area contributed by atoms with E-state index >= 15 is 0 Å². The number of H-pyrrole nitrogens is 1. The Hall–Kier alpha value is -1.28. The Balaban J connectivity index is 2.17. The van der Waals surface area contributed by atoms with Crippen molar-refractivity contribution in [2.45, 2.75) is 37.0 Å². The second-order valence-electron chi connectivity index (χ2n) is 4.87. The maximum Gasteiger partial charge on any atom is 0.344 e. The molecule has 0 aromatic carbocycles. The molecule has 0 spiro atoms. The summed E-state index contributed by atoms with van der Waals surface area (Å²) in [5, 5.41) is 15.5. The molecular weight excluding hydrogens is 268 g/mol. The molecule has 0 radical (unpaired) electrons. The standard InChI is InChI=1S/C11H18N4O3S/c1-7-5-8(3-4-14(7)2)15-10(18)12-13-11(15)19-6-9(16)17/h7-8H,3-6H2,1-2H3,(H,12,18)(H,16,17). The predicted molar refractivity (Wildman–Crippen MR) is 71.6 cm³/mol. The molecule has 106 valence electrons. The van der Waals surface area contributed by atoms with E-state index in [0.717, 1.165) is 31.1 Å². The third-order valence-corrected chi connectivity index (χ3v) is 4.48. The highest BCUT2D eigenvalue weighted by Crippen LogP contribution is 2.28. The number of nitrogens with one attached hydrogen (secondary N) is 1. The van der Waals surface area contributed by atoms with Gasteiger partial charge in [0.1, 0.15) is 0 Å². The van der Waals surface area contributed by atoms with E-state index in [1.54, 1.807) is 4.57 Å². The van der Waals surface area contributed by atoms with Crippen LogP contribution in [0, 0.1) is 0 Å². The number of nitrogens with zero attached hydrogens (tertiary/aromatic N) is 3. The molecule has 1 aromatic heterocycles. The zero-order valence-corrected chi connectivity index (χ0v) is 11.8. The lowest BCUT2D eigenvalue weighted by Crippen LogP contribution is -2.40. The summed E-state index contributed by atoms with van der Waals surface area (Å²) in [5.74, 6) is -1.00. The van der Waals surface area contributed by atoms with Crippen LogP contribution in [0.4, 0.5) is 0 Å². The third kappa shape index (κ3) is 3.19. The third-order valence-electron chi connectivity index (χ3n) is 3.54. The minimum absolute atomic E-state index is 0.0908. The zero-order chi connectivity index (χ0) is 14.0. The molecule has 0 saturated carbocycles. The van der Waals surface area contributed by atoms with Crippen molar-refractivity contribution < 1.29 is 9.90 Å². The lowest BCUT2D eigenvalue weighted by Gasteiger charge is -2.35. The van der Waals surface area contributed by atoms with E-state index in [1.165, 1.54) is 0 Å². The first-order chi connectivity index (χ1) is 8.99. The summed E-state index contributed by atoms with van der Waals surface area (Å²) in [6.07, 6.45) is 1.75. The highest BCUT2D eigenvalue weighted by Gasteiger charge is 2.27. The fraction of sp³-hybridized carbons (Fsp3) is 0.727. The highest BCUT2D eigenvalue weighted by molar-refractivity contribution is 7.99. The first-order valence-electron chi connectivity index (χ1n) is 6.20. The SMILES string of the molecule is CC1CC(n2c(SCC(=O)O)n[nH]c2=O)CCN1C. The van der Waals surface area contributed by atoms with E-state index in [4.69, 9.17) is 5.11 Å². The molecule has 8 heteroatoms. The van der Waals surface area contributed by atoms with Crippen LogP contribution in [0.3, 0.4) is 0 Å². The van der Waals surface area contributed by atoms with Gasteiger partial charge in [0.15, 0.2) is 5.16 Å². The van der Waals surface area contributed by atoms with Gasteiger partial charge in [-0.3, -0.25) is 9.36 Å². The fourth-order valence-electron chi connectivity index (χ4n) is 2.34. The lowest BCUT2D eigenvalue weighted by atomic mass is 9.99. The molecule has 0 bridgehead atoms. The largest absolute Gasteiger partial charge is 0.481 e. The second kappa shape index (κ2) is 5.79. The van der Waals surface area contributed by atoms with Gasteiger partial charge in [-0.25, -0.2) is 9.89 Å². The van der Waals surface area contributed by atoms with Crippen molar-refractivity contribution in [2.24, 2.45) is 0 Å². The predicted octanol–water partition coefficient (Wildman–Crippen LogP) is 0.403. The molecule has 1 aliphatic heterocycles. The van der Waals surface area contributed by atoms with Gasteiger partial charge in [0.2, 0.25) is 0 Å². The molecule has 1 fully saturated rings. The number of rotatable bonds is 4. The van der Waals surface area contributed by atoms with Crippen LogP contribution in [-0.2, 0) is 4.79 Å². The summed E-state index contributed by atoms with van der Waals surface area (Å²) < 4.78 is 1.61. The number of carboxylic acids is 1. The van der Waals surface area contributed by atoms with Gasteiger partial charge in [-0.15, -0.1) is 5.10 Å². The summed E-state index contributed by atoms with van der Waals surface area (Å²) in [7, 11) is 2.07. The van der Waals surface area contributed by atoms with Crippen LogP contribution in [0.2, 0.25) is 0 Å². The summed E-state index contributed by atoms with van der Waals surface area (Å²) >= 11 is 1.08. The van der Waals surface area contributed by atoms with Gasteiger partial charge in [-0.05, 0) is 26.8 Å². The summed E-state index contributed by atoms with van der Waals surface area (Å²) in [4.78, 5) is 24.7.